The quantitative estimate of drug-likeness (QED) is 0.0311. The van der Waals surface area contributed by atoms with Crippen molar-refractivity contribution in [3.05, 3.63) is 48.6 Å². The van der Waals surface area contributed by atoms with Crippen molar-refractivity contribution in [1.29, 1.82) is 0 Å². The Bertz CT molecular complexity index is 828. The third-order valence-corrected chi connectivity index (χ3v) is 7.99. The lowest BCUT2D eigenvalue weighted by Crippen LogP contribution is -2.28. The summed E-state index contributed by atoms with van der Waals surface area (Å²) in [7, 11) is -4.27. The van der Waals surface area contributed by atoms with E-state index in [1.54, 1.807) is 0 Å². The Kier molecular flexibility index (Phi) is 32.7. The fourth-order valence-corrected chi connectivity index (χ4v) is 5.22. The van der Waals surface area contributed by atoms with Gasteiger partial charge in [0.1, 0.15) is 6.10 Å². The normalized spacial score (nSPS) is 14.3. The zero-order valence-corrected chi connectivity index (χ0v) is 29.5. The van der Waals surface area contributed by atoms with E-state index in [0.717, 1.165) is 70.6 Å². The minimum atomic E-state index is -4.27. The minimum Gasteiger partial charge on any atom is -0.457 e. The van der Waals surface area contributed by atoms with E-state index >= 15 is 0 Å². The van der Waals surface area contributed by atoms with Gasteiger partial charge < -0.3 is 20.1 Å². The van der Waals surface area contributed by atoms with Crippen LogP contribution >= 0.6 is 7.82 Å². The largest absolute Gasteiger partial charge is 0.472 e. The van der Waals surface area contributed by atoms with Crippen LogP contribution in [0.2, 0.25) is 0 Å². The SMILES string of the molecule is CC/C=C\C/C=C\C/C=C\C/C=C\CCCCCCCOCC(COP(=O)(O)OCCN)OC(=O)CCCCCCCCCC. The number of carbonyl (C=O) groups excluding carboxylic acids is 1. The Hall–Kier alpha value is -1.54. The molecule has 9 heteroatoms. The Morgan fingerprint density at radius 1 is 0.689 bits per heavy atom. The molecule has 2 atom stereocenters. The summed E-state index contributed by atoms with van der Waals surface area (Å²) >= 11 is 0. The van der Waals surface area contributed by atoms with E-state index in [2.05, 4.69) is 62.5 Å². The molecule has 45 heavy (non-hydrogen) atoms. The molecule has 8 nitrogen and oxygen atoms in total. The smallest absolute Gasteiger partial charge is 0.457 e. The summed E-state index contributed by atoms with van der Waals surface area (Å²) in [4.78, 5) is 22.2. The number of esters is 1. The first-order valence-corrected chi connectivity index (χ1v) is 19.1. The molecule has 0 amide bonds. The van der Waals surface area contributed by atoms with Gasteiger partial charge in [-0.2, -0.15) is 0 Å². The van der Waals surface area contributed by atoms with Gasteiger partial charge in [0.25, 0.3) is 0 Å². The average Bonchev–Trinajstić information content (AvgIpc) is 3.02. The molecule has 2 unspecified atom stereocenters. The highest BCUT2D eigenvalue weighted by atomic mass is 31.2. The topological polar surface area (TPSA) is 117 Å². The van der Waals surface area contributed by atoms with E-state index < -0.39 is 13.9 Å². The highest BCUT2D eigenvalue weighted by Gasteiger charge is 2.25. The third kappa shape index (κ3) is 33.6. The highest BCUT2D eigenvalue weighted by molar-refractivity contribution is 7.47. The summed E-state index contributed by atoms with van der Waals surface area (Å²) in [5, 5.41) is 0. The van der Waals surface area contributed by atoms with Crippen LogP contribution in [-0.4, -0.2) is 49.9 Å². The number of phosphoric acid groups is 1. The molecule has 0 rings (SSSR count). The van der Waals surface area contributed by atoms with Gasteiger partial charge in [-0.05, 0) is 51.4 Å². The fourth-order valence-electron chi connectivity index (χ4n) is 4.46. The van der Waals surface area contributed by atoms with Crippen LogP contribution in [0.15, 0.2) is 48.6 Å². The number of nitrogens with two attached hydrogens (primary N) is 1. The van der Waals surface area contributed by atoms with Crippen LogP contribution in [0, 0.1) is 0 Å². The second-order valence-electron chi connectivity index (χ2n) is 11.4. The molecule has 0 aliphatic heterocycles. The fraction of sp³-hybridized carbons (Fsp3) is 0.750. The van der Waals surface area contributed by atoms with Crippen LogP contribution < -0.4 is 5.73 Å². The number of phosphoric ester groups is 1. The summed E-state index contributed by atoms with van der Waals surface area (Å²) in [5.41, 5.74) is 5.33. The van der Waals surface area contributed by atoms with Crippen molar-refractivity contribution in [2.24, 2.45) is 5.73 Å². The van der Waals surface area contributed by atoms with Crippen LogP contribution in [0.1, 0.15) is 136 Å². The maximum Gasteiger partial charge on any atom is 0.472 e. The summed E-state index contributed by atoms with van der Waals surface area (Å²) in [6, 6.07) is 0. The molecule has 0 saturated carbocycles. The van der Waals surface area contributed by atoms with Crippen molar-refractivity contribution in [1.82, 2.24) is 0 Å². The molecule has 0 fully saturated rings. The maximum atomic E-state index is 12.4. The Balaban J connectivity index is 4.10. The number of rotatable bonds is 33. The van der Waals surface area contributed by atoms with Gasteiger partial charge in [-0.25, -0.2) is 4.57 Å². The van der Waals surface area contributed by atoms with Gasteiger partial charge in [0.15, 0.2) is 0 Å². The molecule has 0 aliphatic rings. The molecular formula is C36H66NO7P. The van der Waals surface area contributed by atoms with Gasteiger partial charge in [0, 0.05) is 19.6 Å². The Labute approximate surface area is 275 Å². The van der Waals surface area contributed by atoms with Gasteiger partial charge >= 0.3 is 13.8 Å². The first-order valence-electron chi connectivity index (χ1n) is 17.6. The monoisotopic (exact) mass is 655 g/mol. The average molecular weight is 656 g/mol. The second kappa shape index (κ2) is 33.8. The predicted molar refractivity (Wildman–Crippen MR) is 187 cm³/mol. The van der Waals surface area contributed by atoms with Crippen LogP contribution in [0.4, 0.5) is 0 Å². The molecule has 0 aromatic heterocycles. The van der Waals surface area contributed by atoms with Gasteiger partial charge in [0.2, 0.25) is 0 Å². The number of allylic oxidation sites excluding steroid dienone is 8. The molecule has 0 radical (unpaired) electrons. The maximum absolute atomic E-state index is 12.4. The van der Waals surface area contributed by atoms with E-state index in [0.29, 0.717) is 13.0 Å². The molecule has 0 heterocycles. The van der Waals surface area contributed by atoms with Crippen molar-refractivity contribution in [3.63, 3.8) is 0 Å². The summed E-state index contributed by atoms with van der Waals surface area (Å²) < 4.78 is 33.1. The van der Waals surface area contributed by atoms with Crippen LogP contribution in [0.25, 0.3) is 0 Å². The zero-order chi connectivity index (χ0) is 33.1. The minimum absolute atomic E-state index is 0.0957. The van der Waals surface area contributed by atoms with Gasteiger partial charge in [0.05, 0.1) is 19.8 Å². The van der Waals surface area contributed by atoms with Gasteiger partial charge in [-0.15, -0.1) is 0 Å². The molecule has 0 saturated heterocycles. The van der Waals surface area contributed by atoms with Crippen molar-refractivity contribution in [3.8, 4) is 0 Å². The third-order valence-electron chi connectivity index (χ3n) is 7.01. The van der Waals surface area contributed by atoms with Gasteiger partial charge in [-0.1, -0.05) is 127 Å². The Morgan fingerprint density at radius 2 is 1.24 bits per heavy atom. The first kappa shape index (κ1) is 43.5. The lowest BCUT2D eigenvalue weighted by molar-refractivity contribution is -0.154. The number of ether oxygens (including phenoxy) is 2. The van der Waals surface area contributed by atoms with Gasteiger partial charge in [-0.3, -0.25) is 13.8 Å². The first-order chi connectivity index (χ1) is 21.9. The number of hydrogen-bond donors (Lipinski definition) is 2. The molecule has 0 bridgehead atoms. The summed E-state index contributed by atoms with van der Waals surface area (Å²) in [5.74, 6) is -0.345. The van der Waals surface area contributed by atoms with E-state index in [9.17, 15) is 14.3 Å². The highest BCUT2D eigenvalue weighted by Crippen LogP contribution is 2.43. The molecule has 0 aromatic carbocycles. The van der Waals surface area contributed by atoms with Crippen molar-refractivity contribution in [2.75, 3.05) is 33.0 Å². The van der Waals surface area contributed by atoms with Crippen molar-refractivity contribution >= 4 is 13.8 Å². The van der Waals surface area contributed by atoms with E-state index in [-0.39, 0.29) is 32.3 Å². The molecule has 0 spiro atoms. The van der Waals surface area contributed by atoms with Crippen LogP contribution in [0.5, 0.6) is 0 Å². The van der Waals surface area contributed by atoms with Crippen LogP contribution in [0.3, 0.4) is 0 Å². The lowest BCUT2D eigenvalue weighted by Gasteiger charge is -2.20. The van der Waals surface area contributed by atoms with E-state index in [4.69, 9.17) is 24.3 Å². The lowest BCUT2D eigenvalue weighted by atomic mass is 10.1. The molecule has 262 valence electrons. The van der Waals surface area contributed by atoms with Crippen molar-refractivity contribution < 1.29 is 32.8 Å². The summed E-state index contributed by atoms with van der Waals surface area (Å²) in [6.07, 6.45) is 37.0. The summed E-state index contributed by atoms with van der Waals surface area (Å²) in [6.45, 7) is 4.71. The number of hydrogen-bond acceptors (Lipinski definition) is 7. The molecular weight excluding hydrogens is 589 g/mol. The number of carbonyl (C=O) groups is 1. The standard InChI is InChI=1S/C36H66NO7P/c1-3-5-7-9-11-13-14-15-16-17-18-19-20-21-22-24-26-28-31-41-33-35(34-43-45(39,40)42-32-30-37)44-36(38)29-27-25-23-12-10-8-6-4-2/h5,7,11,13,15-16,18-19,35H,3-4,6,8-10,12,14,17,20-34,37H2,1-2H3,(H,39,40)/b7-5-,13-11-,16-15-,19-18-. The van der Waals surface area contributed by atoms with E-state index in [1.807, 2.05) is 0 Å². The van der Waals surface area contributed by atoms with Crippen LogP contribution in [-0.2, 0) is 27.9 Å². The number of unbranched alkanes of at least 4 members (excludes halogenated alkanes) is 12. The van der Waals surface area contributed by atoms with E-state index in [1.165, 1.54) is 44.9 Å². The Morgan fingerprint density at radius 3 is 1.87 bits per heavy atom. The molecule has 0 aliphatic carbocycles. The zero-order valence-electron chi connectivity index (χ0n) is 28.6. The van der Waals surface area contributed by atoms with Crippen molar-refractivity contribution in [2.45, 2.75) is 142 Å². The second-order valence-corrected chi connectivity index (χ2v) is 12.8. The molecule has 0 aromatic rings. The molecule has 3 N–H and O–H groups in total. The predicted octanol–water partition coefficient (Wildman–Crippen LogP) is 9.68.